The van der Waals surface area contributed by atoms with Crippen LogP contribution in [-0.4, -0.2) is 29.4 Å². The van der Waals surface area contributed by atoms with E-state index < -0.39 is 0 Å². The van der Waals surface area contributed by atoms with Crippen molar-refractivity contribution < 1.29 is 4.79 Å². The second-order valence-corrected chi connectivity index (χ2v) is 5.60. The molecule has 2 aliphatic rings. The summed E-state index contributed by atoms with van der Waals surface area (Å²) in [6, 6.07) is 0.880. The van der Waals surface area contributed by atoms with Gasteiger partial charge in [-0.25, -0.2) is 0 Å². The van der Waals surface area contributed by atoms with Crippen LogP contribution in [0.15, 0.2) is 0 Å². The quantitative estimate of drug-likeness (QED) is 0.842. The van der Waals surface area contributed by atoms with E-state index in [9.17, 15) is 4.79 Å². The zero-order valence-electron chi connectivity index (χ0n) is 10.9. The van der Waals surface area contributed by atoms with Crippen molar-refractivity contribution in [3.63, 3.8) is 0 Å². The van der Waals surface area contributed by atoms with Gasteiger partial charge in [-0.05, 0) is 52.0 Å². The Labute approximate surface area is 111 Å². The predicted octanol–water partition coefficient (Wildman–Crippen LogP) is 2.18. The van der Waals surface area contributed by atoms with Crippen molar-refractivity contribution in [2.24, 2.45) is 17.6 Å². The molecule has 0 spiro atoms. The number of nitrogens with zero attached hydrogens (tertiary/aromatic N) is 1. The van der Waals surface area contributed by atoms with Gasteiger partial charge >= 0.3 is 0 Å². The van der Waals surface area contributed by atoms with Crippen LogP contribution >= 0.6 is 12.4 Å². The van der Waals surface area contributed by atoms with Crippen LogP contribution in [0.4, 0.5) is 0 Å². The van der Waals surface area contributed by atoms with Crippen LogP contribution in [-0.2, 0) is 4.79 Å². The van der Waals surface area contributed by atoms with Gasteiger partial charge in [-0.1, -0.05) is 6.42 Å². The zero-order valence-corrected chi connectivity index (χ0v) is 11.7. The third-order valence-electron chi connectivity index (χ3n) is 4.03. The van der Waals surface area contributed by atoms with Crippen molar-refractivity contribution in [3.8, 4) is 0 Å². The first-order valence-corrected chi connectivity index (χ1v) is 6.67. The number of amides is 1. The molecule has 2 rings (SSSR count). The number of rotatable bonds is 4. The summed E-state index contributed by atoms with van der Waals surface area (Å²) in [7, 11) is 0. The molecule has 0 saturated heterocycles. The largest absolute Gasteiger partial charge is 0.337 e. The van der Waals surface area contributed by atoms with E-state index in [4.69, 9.17) is 5.73 Å². The van der Waals surface area contributed by atoms with E-state index in [2.05, 4.69) is 18.7 Å². The minimum absolute atomic E-state index is 0. The van der Waals surface area contributed by atoms with E-state index in [1.54, 1.807) is 0 Å². The van der Waals surface area contributed by atoms with Gasteiger partial charge in [0.25, 0.3) is 0 Å². The van der Waals surface area contributed by atoms with E-state index in [-0.39, 0.29) is 18.3 Å². The Hall–Kier alpha value is -0.280. The van der Waals surface area contributed by atoms with Gasteiger partial charge in [0.1, 0.15) is 0 Å². The first-order valence-electron chi connectivity index (χ1n) is 6.67. The average molecular weight is 261 g/mol. The average Bonchev–Trinajstić information content (AvgIpc) is 2.95. The maximum atomic E-state index is 12.5. The summed E-state index contributed by atoms with van der Waals surface area (Å²) in [4.78, 5) is 14.6. The highest BCUT2D eigenvalue weighted by molar-refractivity contribution is 5.85. The van der Waals surface area contributed by atoms with Crippen molar-refractivity contribution in [1.82, 2.24) is 4.90 Å². The standard InChI is InChI=1S/C13H24N2O.ClH/c1-9(2)15(11-6-7-11)13(16)12-5-3-4-10(12)8-14;/h9-12H,3-8,14H2,1-2H3;1H/t10-,12-;/m1./s1. The normalized spacial score (nSPS) is 28.0. The highest BCUT2D eigenvalue weighted by Crippen LogP contribution is 2.36. The molecule has 0 radical (unpaired) electrons. The maximum Gasteiger partial charge on any atom is 0.226 e. The molecule has 0 aliphatic heterocycles. The third-order valence-corrected chi connectivity index (χ3v) is 4.03. The van der Waals surface area contributed by atoms with Gasteiger partial charge < -0.3 is 10.6 Å². The second-order valence-electron chi connectivity index (χ2n) is 5.60. The van der Waals surface area contributed by atoms with E-state index in [1.165, 1.54) is 19.3 Å². The van der Waals surface area contributed by atoms with Gasteiger partial charge in [0, 0.05) is 18.0 Å². The van der Waals surface area contributed by atoms with Crippen molar-refractivity contribution in [2.75, 3.05) is 6.54 Å². The lowest BCUT2D eigenvalue weighted by molar-refractivity contribution is -0.139. The molecule has 0 aromatic rings. The van der Waals surface area contributed by atoms with Crippen molar-refractivity contribution in [2.45, 2.75) is 58.0 Å². The topological polar surface area (TPSA) is 46.3 Å². The number of halogens is 1. The van der Waals surface area contributed by atoms with Crippen LogP contribution in [0.1, 0.15) is 46.0 Å². The minimum Gasteiger partial charge on any atom is -0.337 e. The first-order chi connectivity index (χ1) is 7.65. The Kier molecular flexibility index (Phi) is 5.26. The summed E-state index contributed by atoms with van der Waals surface area (Å²) >= 11 is 0. The van der Waals surface area contributed by atoms with Crippen LogP contribution in [0.3, 0.4) is 0 Å². The molecule has 0 aromatic carbocycles. The van der Waals surface area contributed by atoms with Crippen LogP contribution in [0.5, 0.6) is 0 Å². The molecule has 0 heterocycles. The summed E-state index contributed by atoms with van der Waals surface area (Å²) in [5, 5.41) is 0. The smallest absolute Gasteiger partial charge is 0.226 e. The van der Waals surface area contributed by atoms with Gasteiger partial charge in [-0.15, -0.1) is 12.4 Å². The number of carbonyl (C=O) groups is 1. The molecular weight excluding hydrogens is 236 g/mol. The van der Waals surface area contributed by atoms with Crippen molar-refractivity contribution in [1.29, 1.82) is 0 Å². The molecule has 2 fully saturated rings. The number of hydrogen-bond acceptors (Lipinski definition) is 2. The van der Waals surface area contributed by atoms with Crippen molar-refractivity contribution in [3.05, 3.63) is 0 Å². The predicted molar refractivity (Wildman–Crippen MR) is 72.1 cm³/mol. The molecule has 2 saturated carbocycles. The summed E-state index contributed by atoms with van der Waals surface area (Å²) < 4.78 is 0. The molecule has 2 N–H and O–H groups in total. The van der Waals surface area contributed by atoms with Gasteiger partial charge in [-0.2, -0.15) is 0 Å². The molecular formula is C13H25ClN2O. The highest BCUT2D eigenvalue weighted by atomic mass is 35.5. The molecule has 0 bridgehead atoms. The molecule has 0 unspecified atom stereocenters. The van der Waals surface area contributed by atoms with Crippen LogP contribution in [0.2, 0.25) is 0 Å². The van der Waals surface area contributed by atoms with Gasteiger partial charge in [0.05, 0.1) is 0 Å². The lowest BCUT2D eigenvalue weighted by Crippen LogP contribution is -2.44. The summed E-state index contributed by atoms with van der Waals surface area (Å²) in [5.74, 6) is 1.03. The Morgan fingerprint density at radius 2 is 1.94 bits per heavy atom. The maximum absolute atomic E-state index is 12.5. The van der Waals surface area contributed by atoms with E-state index in [0.717, 1.165) is 12.8 Å². The Morgan fingerprint density at radius 3 is 2.41 bits per heavy atom. The van der Waals surface area contributed by atoms with Crippen molar-refractivity contribution >= 4 is 18.3 Å². The van der Waals surface area contributed by atoms with Gasteiger partial charge in [0.2, 0.25) is 5.91 Å². The molecule has 3 nitrogen and oxygen atoms in total. The minimum atomic E-state index is 0. The number of hydrogen-bond donors (Lipinski definition) is 1. The number of carbonyl (C=O) groups excluding carboxylic acids is 1. The molecule has 4 heteroatoms. The number of nitrogens with two attached hydrogens (primary N) is 1. The van der Waals surface area contributed by atoms with Crippen LogP contribution in [0, 0.1) is 11.8 Å². The van der Waals surface area contributed by atoms with Gasteiger partial charge in [-0.3, -0.25) is 4.79 Å². The van der Waals surface area contributed by atoms with Crippen LogP contribution in [0.25, 0.3) is 0 Å². The van der Waals surface area contributed by atoms with E-state index >= 15 is 0 Å². The summed E-state index contributed by atoms with van der Waals surface area (Å²) in [6.07, 6.45) is 5.77. The third kappa shape index (κ3) is 3.14. The lowest BCUT2D eigenvalue weighted by atomic mass is 9.94. The highest BCUT2D eigenvalue weighted by Gasteiger charge is 2.40. The zero-order chi connectivity index (χ0) is 11.7. The Balaban J connectivity index is 0.00000144. The van der Waals surface area contributed by atoms with Crippen LogP contribution < -0.4 is 5.73 Å². The molecule has 2 atom stereocenters. The van der Waals surface area contributed by atoms with Gasteiger partial charge in [0.15, 0.2) is 0 Å². The van der Waals surface area contributed by atoms with E-state index in [1.807, 2.05) is 0 Å². The molecule has 1 amide bonds. The fourth-order valence-electron chi connectivity index (χ4n) is 3.04. The fourth-order valence-corrected chi connectivity index (χ4v) is 3.04. The molecule has 100 valence electrons. The fraction of sp³-hybridized carbons (Fsp3) is 0.923. The summed E-state index contributed by atoms with van der Waals surface area (Å²) in [6.45, 7) is 4.93. The monoisotopic (exact) mass is 260 g/mol. The van der Waals surface area contributed by atoms with E-state index in [0.29, 0.717) is 30.5 Å². The summed E-state index contributed by atoms with van der Waals surface area (Å²) in [5.41, 5.74) is 5.76. The molecule has 17 heavy (non-hydrogen) atoms. The lowest BCUT2D eigenvalue weighted by Gasteiger charge is -2.31. The molecule has 0 aromatic heterocycles. The Morgan fingerprint density at radius 1 is 1.29 bits per heavy atom. The molecule has 2 aliphatic carbocycles. The second kappa shape index (κ2) is 6.05. The Bertz CT molecular complexity index is 264. The SMILES string of the molecule is CC(C)N(C(=O)[C@@H]1CCC[C@@H]1CN)C1CC1.Cl. The first kappa shape index (κ1) is 14.8.